The Balaban J connectivity index is 1.63. The third kappa shape index (κ3) is 4.17. The zero-order chi connectivity index (χ0) is 21.5. The average molecular weight is 454 g/mol. The fourth-order valence-electron chi connectivity index (χ4n) is 2.85. The molecular formula is C20H12ClF4N3OS. The Morgan fingerprint density at radius 3 is 2.37 bits per heavy atom. The monoisotopic (exact) mass is 453 g/mol. The molecule has 2 aromatic carbocycles. The zero-order valence-corrected chi connectivity index (χ0v) is 16.8. The molecule has 10 heteroatoms. The van der Waals surface area contributed by atoms with E-state index in [9.17, 15) is 17.6 Å². The van der Waals surface area contributed by atoms with E-state index in [1.807, 2.05) is 12.1 Å². The van der Waals surface area contributed by atoms with Gasteiger partial charge in [-0.2, -0.15) is 5.10 Å². The lowest BCUT2D eigenvalue weighted by molar-refractivity contribution is -0.274. The number of nitrogens with zero attached hydrogens (tertiary/aromatic N) is 3. The van der Waals surface area contributed by atoms with Crippen molar-refractivity contribution in [2.45, 2.75) is 6.36 Å². The summed E-state index contributed by atoms with van der Waals surface area (Å²) in [5, 5.41) is 4.48. The number of ether oxygens (including phenoxy) is 1. The van der Waals surface area contributed by atoms with Gasteiger partial charge in [0.1, 0.15) is 11.6 Å². The molecule has 154 valence electrons. The van der Waals surface area contributed by atoms with Gasteiger partial charge < -0.3 is 4.74 Å². The summed E-state index contributed by atoms with van der Waals surface area (Å²) >= 11 is 7.48. The van der Waals surface area contributed by atoms with Gasteiger partial charge >= 0.3 is 6.36 Å². The lowest BCUT2D eigenvalue weighted by Gasteiger charge is -2.08. The fourth-order valence-corrected chi connectivity index (χ4v) is 4.13. The van der Waals surface area contributed by atoms with Crippen LogP contribution >= 0.6 is 22.9 Å². The molecule has 0 saturated heterocycles. The molecule has 0 amide bonds. The van der Waals surface area contributed by atoms with Crippen molar-refractivity contribution < 1.29 is 22.3 Å². The SMILES string of the molecule is Cn1nc(-c2c(F)cccc2Cl)nc1-c1ccc(-c2ccc(OC(F)(F)F)cc2)s1. The smallest absolute Gasteiger partial charge is 0.406 e. The lowest BCUT2D eigenvalue weighted by Crippen LogP contribution is -2.16. The predicted molar refractivity (Wildman–Crippen MR) is 107 cm³/mol. The number of thiophene rings is 1. The van der Waals surface area contributed by atoms with E-state index in [4.69, 9.17) is 11.6 Å². The van der Waals surface area contributed by atoms with E-state index >= 15 is 0 Å². The van der Waals surface area contributed by atoms with Crippen LogP contribution in [0.3, 0.4) is 0 Å². The highest BCUT2D eigenvalue weighted by molar-refractivity contribution is 7.18. The Labute approximate surface area is 177 Å². The maximum absolute atomic E-state index is 14.2. The Morgan fingerprint density at radius 1 is 1.00 bits per heavy atom. The number of rotatable bonds is 4. The van der Waals surface area contributed by atoms with Crippen LogP contribution in [0.5, 0.6) is 5.75 Å². The Kier molecular flexibility index (Phi) is 5.25. The van der Waals surface area contributed by atoms with Crippen LogP contribution in [0.25, 0.3) is 32.5 Å². The van der Waals surface area contributed by atoms with Crippen molar-refractivity contribution in [3.8, 4) is 38.3 Å². The van der Waals surface area contributed by atoms with Crippen LogP contribution in [0.2, 0.25) is 5.02 Å². The summed E-state index contributed by atoms with van der Waals surface area (Å²) in [6, 6.07) is 13.6. The molecule has 0 aliphatic heterocycles. The molecular weight excluding hydrogens is 442 g/mol. The first-order valence-corrected chi connectivity index (χ1v) is 9.72. The van der Waals surface area contributed by atoms with Crippen LogP contribution in [-0.4, -0.2) is 21.1 Å². The molecule has 0 aliphatic carbocycles. The summed E-state index contributed by atoms with van der Waals surface area (Å²) in [5.74, 6) is -0.132. The highest BCUT2D eigenvalue weighted by Crippen LogP contribution is 2.36. The van der Waals surface area contributed by atoms with Gasteiger partial charge in [0.05, 0.1) is 15.5 Å². The third-order valence-electron chi connectivity index (χ3n) is 4.15. The van der Waals surface area contributed by atoms with Gasteiger partial charge in [0, 0.05) is 11.9 Å². The minimum Gasteiger partial charge on any atom is -0.406 e. The molecule has 30 heavy (non-hydrogen) atoms. The molecule has 0 N–H and O–H groups in total. The first-order valence-electron chi connectivity index (χ1n) is 8.53. The van der Waals surface area contributed by atoms with Crippen LogP contribution in [-0.2, 0) is 7.05 Å². The molecule has 2 aromatic heterocycles. The molecule has 4 rings (SSSR count). The maximum atomic E-state index is 14.2. The quantitative estimate of drug-likeness (QED) is 0.328. The molecule has 4 nitrogen and oxygen atoms in total. The first kappa shape index (κ1) is 20.4. The van der Waals surface area contributed by atoms with Crippen LogP contribution in [0, 0.1) is 5.82 Å². The van der Waals surface area contributed by atoms with E-state index < -0.39 is 12.2 Å². The zero-order valence-electron chi connectivity index (χ0n) is 15.2. The second-order valence-electron chi connectivity index (χ2n) is 6.22. The maximum Gasteiger partial charge on any atom is 0.573 e. The van der Waals surface area contributed by atoms with Gasteiger partial charge in [-0.15, -0.1) is 24.5 Å². The molecule has 0 unspecified atom stereocenters. The van der Waals surface area contributed by atoms with Gasteiger partial charge in [-0.25, -0.2) is 14.1 Å². The molecule has 0 radical (unpaired) electrons. The molecule has 0 fully saturated rings. The molecule has 0 aliphatic rings. The Bertz CT molecular complexity index is 1180. The summed E-state index contributed by atoms with van der Waals surface area (Å²) in [4.78, 5) is 6.00. The van der Waals surface area contributed by atoms with Gasteiger partial charge in [-0.1, -0.05) is 17.7 Å². The van der Waals surface area contributed by atoms with Gasteiger partial charge in [0.2, 0.25) is 0 Å². The normalized spacial score (nSPS) is 11.7. The van der Waals surface area contributed by atoms with Crippen molar-refractivity contribution in [3.05, 3.63) is 65.4 Å². The number of halogens is 5. The molecule has 0 saturated carbocycles. The second kappa shape index (κ2) is 7.73. The summed E-state index contributed by atoms with van der Waals surface area (Å²) in [6.45, 7) is 0. The minimum absolute atomic E-state index is 0.123. The summed E-state index contributed by atoms with van der Waals surface area (Å²) < 4.78 is 56.5. The highest BCUT2D eigenvalue weighted by atomic mass is 35.5. The van der Waals surface area contributed by atoms with Crippen LogP contribution in [0.1, 0.15) is 0 Å². The van der Waals surface area contributed by atoms with Crippen LogP contribution in [0.15, 0.2) is 54.6 Å². The summed E-state index contributed by atoms with van der Waals surface area (Å²) in [7, 11) is 1.68. The summed E-state index contributed by atoms with van der Waals surface area (Å²) in [5.41, 5.74) is 0.846. The van der Waals surface area contributed by atoms with Gasteiger partial charge in [-0.05, 0) is 54.1 Å². The highest BCUT2D eigenvalue weighted by Gasteiger charge is 2.31. The number of hydrogen-bond acceptors (Lipinski definition) is 4. The molecule has 4 aromatic rings. The molecule has 0 bridgehead atoms. The minimum atomic E-state index is -4.73. The topological polar surface area (TPSA) is 39.9 Å². The van der Waals surface area contributed by atoms with Crippen molar-refractivity contribution in [1.82, 2.24) is 14.8 Å². The third-order valence-corrected chi connectivity index (χ3v) is 5.59. The van der Waals surface area contributed by atoms with Gasteiger partial charge in [0.25, 0.3) is 0 Å². The van der Waals surface area contributed by atoms with E-state index in [0.717, 1.165) is 15.3 Å². The number of aryl methyl sites for hydroxylation is 1. The van der Waals surface area contributed by atoms with E-state index in [1.165, 1.54) is 52.4 Å². The van der Waals surface area contributed by atoms with Crippen molar-refractivity contribution in [1.29, 1.82) is 0 Å². The standard InChI is InChI=1S/C20H12ClF4N3OS/c1-28-19(26-18(27-28)17-13(21)3-2-4-14(17)22)16-10-9-15(30-16)11-5-7-12(8-6-11)29-20(23,24)25/h2-10H,1H3. The largest absolute Gasteiger partial charge is 0.573 e. The van der Waals surface area contributed by atoms with E-state index in [1.54, 1.807) is 13.1 Å². The van der Waals surface area contributed by atoms with Gasteiger partial charge in [0.15, 0.2) is 11.6 Å². The molecule has 0 spiro atoms. The Hall–Kier alpha value is -2.91. The fraction of sp³-hybridized carbons (Fsp3) is 0.100. The lowest BCUT2D eigenvalue weighted by atomic mass is 10.2. The number of aromatic nitrogens is 3. The van der Waals surface area contributed by atoms with Crippen molar-refractivity contribution >= 4 is 22.9 Å². The Morgan fingerprint density at radius 2 is 1.70 bits per heavy atom. The van der Waals surface area contributed by atoms with E-state index in [-0.39, 0.29) is 22.2 Å². The number of hydrogen-bond donors (Lipinski definition) is 0. The van der Waals surface area contributed by atoms with Crippen molar-refractivity contribution in [2.75, 3.05) is 0 Å². The van der Waals surface area contributed by atoms with Crippen LogP contribution < -0.4 is 4.74 Å². The van der Waals surface area contributed by atoms with Crippen molar-refractivity contribution in [3.63, 3.8) is 0 Å². The van der Waals surface area contributed by atoms with Crippen molar-refractivity contribution in [2.24, 2.45) is 7.05 Å². The summed E-state index contributed by atoms with van der Waals surface area (Å²) in [6.07, 6.45) is -4.73. The molecule has 0 atom stereocenters. The second-order valence-corrected chi connectivity index (χ2v) is 7.71. The average Bonchev–Trinajstić information content (AvgIpc) is 3.28. The number of benzene rings is 2. The predicted octanol–water partition coefficient (Wildman–Crippen LogP) is 6.57. The van der Waals surface area contributed by atoms with E-state index in [0.29, 0.717) is 5.82 Å². The number of alkyl halides is 3. The van der Waals surface area contributed by atoms with E-state index in [2.05, 4.69) is 14.8 Å². The molecule has 2 heterocycles. The van der Waals surface area contributed by atoms with Gasteiger partial charge in [-0.3, -0.25) is 0 Å². The van der Waals surface area contributed by atoms with Crippen LogP contribution in [0.4, 0.5) is 17.6 Å². The first-order chi connectivity index (χ1) is 14.2.